The number of hydrogen-bond acceptors (Lipinski definition) is 3. The second kappa shape index (κ2) is 7.00. The molecule has 0 unspecified atom stereocenters. The summed E-state index contributed by atoms with van der Waals surface area (Å²) >= 11 is 0. The van der Waals surface area contributed by atoms with Gasteiger partial charge < -0.3 is 9.64 Å². The van der Waals surface area contributed by atoms with Crippen LogP contribution in [0.5, 0.6) is 0 Å². The maximum Gasteiger partial charge on any atom is 0.308 e. The van der Waals surface area contributed by atoms with Crippen LogP contribution in [0.1, 0.15) is 46.5 Å². The number of esters is 1. The van der Waals surface area contributed by atoms with E-state index in [1.54, 1.807) is 0 Å². The Morgan fingerprint density at radius 1 is 1.29 bits per heavy atom. The summed E-state index contributed by atoms with van der Waals surface area (Å²) < 4.78 is 5.09. The number of ether oxygens (including phenoxy) is 1. The first-order chi connectivity index (χ1) is 8.04. The summed E-state index contributed by atoms with van der Waals surface area (Å²) in [7, 11) is 2.20. The first-order valence-corrected chi connectivity index (χ1v) is 6.91. The minimum Gasteiger partial charge on any atom is -0.466 e. The lowest BCUT2D eigenvalue weighted by Crippen LogP contribution is -2.38. The molecule has 0 spiro atoms. The van der Waals surface area contributed by atoms with Gasteiger partial charge in [-0.15, -0.1) is 0 Å². The van der Waals surface area contributed by atoms with Crippen LogP contribution in [0.4, 0.5) is 0 Å². The zero-order valence-electron chi connectivity index (χ0n) is 11.7. The normalized spacial score (nSPS) is 25.3. The van der Waals surface area contributed by atoms with Gasteiger partial charge in [0.2, 0.25) is 0 Å². The predicted molar refractivity (Wildman–Crippen MR) is 69.8 cm³/mol. The molecule has 0 bridgehead atoms. The molecule has 0 aromatic rings. The molecule has 0 saturated heterocycles. The highest BCUT2D eigenvalue weighted by atomic mass is 16.5. The Bertz CT molecular complexity index is 232. The molecule has 0 atom stereocenters. The van der Waals surface area contributed by atoms with Crippen LogP contribution in [-0.2, 0) is 9.53 Å². The van der Waals surface area contributed by atoms with Crippen LogP contribution in [0.15, 0.2) is 0 Å². The predicted octanol–water partition coefficient (Wildman–Crippen LogP) is 2.70. The van der Waals surface area contributed by atoms with Crippen molar-refractivity contribution in [2.75, 3.05) is 20.2 Å². The van der Waals surface area contributed by atoms with Gasteiger partial charge in [-0.1, -0.05) is 13.8 Å². The van der Waals surface area contributed by atoms with Crippen molar-refractivity contribution in [1.29, 1.82) is 0 Å². The average Bonchev–Trinajstić information content (AvgIpc) is 2.28. The van der Waals surface area contributed by atoms with Crippen LogP contribution in [-0.4, -0.2) is 37.1 Å². The summed E-state index contributed by atoms with van der Waals surface area (Å²) in [6.07, 6.45) is 4.25. The van der Waals surface area contributed by atoms with Gasteiger partial charge in [-0.3, -0.25) is 4.79 Å². The Morgan fingerprint density at radius 2 is 1.88 bits per heavy atom. The maximum atomic E-state index is 11.6. The molecule has 100 valence electrons. The number of hydrogen-bond donors (Lipinski definition) is 0. The summed E-state index contributed by atoms with van der Waals surface area (Å²) in [5, 5.41) is 0. The summed E-state index contributed by atoms with van der Waals surface area (Å²) in [6, 6.07) is 0.656. The van der Waals surface area contributed by atoms with Crippen molar-refractivity contribution in [2.24, 2.45) is 11.8 Å². The van der Waals surface area contributed by atoms with E-state index in [1.165, 1.54) is 0 Å². The lowest BCUT2D eigenvalue weighted by atomic mass is 9.85. The summed E-state index contributed by atoms with van der Waals surface area (Å²) in [5.41, 5.74) is 0. The molecular formula is C14H27NO2. The monoisotopic (exact) mass is 241 g/mol. The molecule has 1 rings (SSSR count). The van der Waals surface area contributed by atoms with Crippen molar-refractivity contribution < 1.29 is 9.53 Å². The third-order valence-electron chi connectivity index (χ3n) is 3.59. The van der Waals surface area contributed by atoms with E-state index in [9.17, 15) is 4.79 Å². The van der Waals surface area contributed by atoms with E-state index < -0.39 is 0 Å². The summed E-state index contributed by atoms with van der Waals surface area (Å²) in [4.78, 5) is 14.1. The lowest BCUT2D eigenvalue weighted by Gasteiger charge is -2.34. The van der Waals surface area contributed by atoms with Crippen molar-refractivity contribution in [3.8, 4) is 0 Å². The van der Waals surface area contributed by atoms with Crippen molar-refractivity contribution in [3.05, 3.63) is 0 Å². The van der Waals surface area contributed by atoms with Gasteiger partial charge in [0, 0.05) is 12.6 Å². The van der Waals surface area contributed by atoms with E-state index in [-0.39, 0.29) is 11.9 Å². The minimum atomic E-state index is 0.0115. The van der Waals surface area contributed by atoms with E-state index in [0.29, 0.717) is 18.6 Å². The van der Waals surface area contributed by atoms with Crippen molar-refractivity contribution >= 4 is 5.97 Å². The Morgan fingerprint density at radius 3 is 2.35 bits per heavy atom. The number of nitrogens with zero attached hydrogens (tertiary/aromatic N) is 1. The van der Waals surface area contributed by atoms with Gasteiger partial charge in [-0.05, 0) is 45.6 Å². The van der Waals surface area contributed by atoms with E-state index in [0.717, 1.165) is 32.2 Å². The first kappa shape index (κ1) is 14.5. The molecule has 0 aliphatic heterocycles. The van der Waals surface area contributed by atoms with Gasteiger partial charge in [0.05, 0.1) is 12.5 Å². The fraction of sp³-hybridized carbons (Fsp3) is 0.929. The molecule has 0 N–H and O–H groups in total. The second-order valence-corrected chi connectivity index (χ2v) is 5.59. The van der Waals surface area contributed by atoms with Crippen LogP contribution < -0.4 is 0 Å². The fourth-order valence-corrected chi connectivity index (χ4v) is 2.74. The molecule has 3 heteroatoms. The summed E-state index contributed by atoms with van der Waals surface area (Å²) in [5.74, 6) is 0.874. The highest BCUT2D eigenvalue weighted by Crippen LogP contribution is 2.28. The average molecular weight is 241 g/mol. The third kappa shape index (κ3) is 4.66. The Hall–Kier alpha value is -0.570. The largest absolute Gasteiger partial charge is 0.466 e. The molecule has 3 nitrogen and oxygen atoms in total. The molecule has 0 radical (unpaired) electrons. The molecule has 0 amide bonds. The first-order valence-electron chi connectivity index (χ1n) is 6.91. The van der Waals surface area contributed by atoms with Crippen LogP contribution in [0.2, 0.25) is 0 Å². The van der Waals surface area contributed by atoms with Crippen LogP contribution in [0.25, 0.3) is 0 Å². The van der Waals surface area contributed by atoms with Crippen LogP contribution in [0, 0.1) is 11.8 Å². The zero-order chi connectivity index (χ0) is 12.8. The lowest BCUT2D eigenvalue weighted by molar-refractivity contribution is -0.149. The molecule has 0 aromatic heterocycles. The van der Waals surface area contributed by atoms with Gasteiger partial charge in [-0.25, -0.2) is 0 Å². The van der Waals surface area contributed by atoms with E-state index in [1.807, 2.05) is 6.92 Å². The van der Waals surface area contributed by atoms with Gasteiger partial charge in [0.1, 0.15) is 0 Å². The topological polar surface area (TPSA) is 29.5 Å². The van der Waals surface area contributed by atoms with E-state index in [2.05, 4.69) is 25.8 Å². The maximum absolute atomic E-state index is 11.6. The van der Waals surface area contributed by atoms with Crippen LogP contribution >= 0.6 is 0 Å². The molecule has 1 saturated carbocycles. The number of carbonyl (C=O) groups excluding carboxylic acids is 1. The Kier molecular flexibility index (Phi) is 5.96. The van der Waals surface area contributed by atoms with E-state index >= 15 is 0 Å². The Balaban J connectivity index is 2.32. The number of carbonyl (C=O) groups is 1. The molecule has 0 aromatic carbocycles. The molecule has 1 fully saturated rings. The molecule has 17 heavy (non-hydrogen) atoms. The highest BCUT2D eigenvalue weighted by molar-refractivity contribution is 5.72. The SMILES string of the molecule is CCOC(=O)C1CCC(N(C)CC(C)C)CC1. The number of rotatable bonds is 5. The van der Waals surface area contributed by atoms with Gasteiger partial charge in [0.15, 0.2) is 0 Å². The standard InChI is InChI=1S/C14H27NO2/c1-5-17-14(16)12-6-8-13(9-7-12)15(4)10-11(2)3/h11-13H,5-10H2,1-4H3. The third-order valence-corrected chi connectivity index (χ3v) is 3.59. The smallest absolute Gasteiger partial charge is 0.308 e. The van der Waals surface area contributed by atoms with Gasteiger partial charge >= 0.3 is 5.97 Å². The molecular weight excluding hydrogens is 214 g/mol. The fourth-order valence-electron chi connectivity index (χ4n) is 2.74. The minimum absolute atomic E-state index is 0.0115. The van der Waals surface area contributed by atoms with Crippen molar-refractivity contribution in [3.63, 3.8) is 0 Å². The zero-order valence-corrected chi connectivity index (χ0v) is 11.7. The summed E-state index contributed by atoms with van der Waals surface area (Å²) in [6.45, 7) is 8.03. The quantitative estimate of drug-likeness (QED) is 0.693. The second-order valence-electron chi connectivity index (χ2n) is 5.59. The highest BCUT2D eigenvalue weighted by Gasteiger charge is 2.28. The van der Waals surface area contributed by atoms with Gasteiger partial charge in [0.25, 0.3) is 0 Å². The Labute approximate surface area is 106 Å². The van der Waals surface area contributed by atoms with Crippen molar-refractivity contribution in [1.82, 2.24) is 4.90 Å². The van der Waals surface area contributed by atoms with Gasteiger partial charge in [-0.2, -0.15) is 0 Å². The molecule has 0 heterocycles. The molecule has 1 aliphatic rings. The van der Waals surface area contributed by atoms with Crippen LogP contribution in [0.3, 0.4) is 0 Å². The van der Waals surface area contributed by atoms with E-state index in [4.69, 9.17) is 4.74 Å². The van der Waals surface area contributed by atoms with Crippen molar-refractivity contribution in [2.45, 2.75) is 52.5 Å². The molecule has 1 aliphatic carbocycles.